The number of rotatable bonds is 5. The van der Waals surface area contributed by atoms with Crippen LogP contribution in [0, 0.1) is 11.3 Å². The van der Waals surface area contributed by atoms with Crippen molar-refractivity contribution >= 4 is 16.7 Å². The van der Waals surface area contributed by atoms with Gasteiger partial charge in [0, 0.05) is 11.9 Å². The first kappa shape index (κ1) is 14.9. The largest absolute Gasteiger partial charge is 0.497 e. The maximum Gasteiger partial charge on any atom is 0.126 e. The smallest absolute Gasteiger partial charge is 0.126 e. The monoisotopic (exact) mass is 303 g/mol. The maximum atomic E-state index is 8.92. The Bertz CT molecular complexity index is 851. The van der Waals surface area contributed by atoms with Gasteiger partial charge in [0.2, 0.25) is 0 Å². The highest BCUT2D eigenvalue weighted by Crippen LogP contribution is 2.17. The Hall–Kier alpha value is -3.06. The predicted molar refractivity (Wildman–Crippen MR) is 91.6 cm³/mol. The van der Waals surface area contributed by atoms with Crippen molar-refractivity contribution in [2.45, 2.75) is 6.42 Å². The number of pyridine rings is 1. The summed E-state index contributed by atoms with van der Waals surface area (Å²) < 4.78 is 5.15. The van der Waals surface area contributed by atoms with E-state index in [2.05, 4.69) is 28.5 Å². The van der Waals surface area contributed by atoms with Crippen LogP contribution in [0.4, 0.5) is 5.82 Å². The molecule has 0 aliphatic carbocycles. The van der Waals surface area contributed by atoms with E-state index >= 15 is 0 Å². The highest BCUT2D eigenvalue weighted by atomic mass is 16.5. The zero-order valence-electron chi connectivity index (χ0n) is 12.9. The number of hydrogen-bond acceptors (Lipinski definition) is 4. The van der Waals surface area contributed by atoms with Crippen LogP contribution in [0.1, 0.15) is 11.1 Å². The topological polar surface area (TPSA) is 57.9 Å². The number of nitrogens with one attached hydrogen (secondary N) is 1. The molecular weight excluding hydrogens is 286 g/mol. The van der Waals surface area contributed by atoms with Gasteiger partial charge < -0.3 is 10.1 Å². The number of ether oxygens (including phenoxy) is 1. The van der Waals surface area contributed by atoms with Crippen molar-refractivity contribution in [3.63, 3.8) is 0 Å². The van der Waals surface area contributed by atoms with E-state index in [0.717, 1.165) is 35.4 Å². The van der Waals surface area contributed by atoms with E-state index in [1.54, 1.807) is 13.2 Å². The summed E-state index contributed by atoms with van der Waals surface area (Å²) in [5.41, 5.74) is 2.79. The third kappa shape index (κ3) is 3.58. The van der Waals surface area contributed by atoms with E-state index < -0.39 is 0 Å². The van der Waals surface area contributed by atoms with Crippen molar-refractivity contribution in [2.24, 2.45) is 0 Å². The fourth-order valence-corrected chi connectivity index (χ4v) is 2.42. The molecule has 114 valence electrons. The summed E-state index contributed by atoms with van der Waals surface area (Å²) in [6, 6.07) is 19.7. The van der Waals surface area contributed by atoms with Gasteiger partial charge in [0.05, 0.1) is 24.3 Å². The van der Waals surface area contributed by atoms with Crippen LogP contribution < -0.4 is 10.1 Å². The van der Waals surface area contributed by atoms with E-state index in [1.165, 1.54) is 5.56 Å². The molecule has 0 saturated heterocycles. The first-order valence-corrected chi connectivity index (χ1v) is 7.46. The Labute approximate surface area is 135 Å². The molecule has 1 N–H and O–H groups in total. The molecule has 3 rings (SSSR count). The van der Waals surface area contributed by atoms with Crippen molar-refractivity contribution in [3.8, 4) is 11.8 Å². The van der Waals surface area contributed by atoms with Gasteiger partial charge >= 0.3 is 0 Å². The number of nitrogens with zero attached hydrogens (tertiary/aromatic N) is 2. The van der Waals surface area contributed by atoms with Crippen molar-refractivity contribution < 1.29 is 4.74 Å². The van der Waals surface area contributed by atoms with Crippen molar-refractivity contribution in [2.75, 3.05) is 19.0 Å². The SMILES string of the molecule is COc1ccc(CCNc2ccc3cc(C#N)ccc3n2)cc1. The van der Waals surface area contributed by atoms with Crippen molar-refractivity contribution in [1.29, 1.82) is 5.26 Å². The summed E-state index contributed by atoms with van der Waals surface area (Å²) in [6.07, 6.45) is 0.914. The van der Waals surface area contributed by atoms with Crippen LogP contribution in [0.5, 0.6) is 5.75 Å². The Morgan fingerprint density at radius 3 is 2.65 bits per heavy atom. The second-order valence-corrected chi connectivity index (χ2v) is 5.24. The molecule has 0 unspecified atom stereocenters. The summed E-state index contributed by atoms with van der Waals surface area (Å²) in [5.74, 6) is 1.71. The van der Waals surface area contributed by atoms with Crippen LogP contribution in [0.2, 0.25) is 0 Å². The van der Waals surface area contributed by atoms with Gasteiger partial charge in [-0.3, -0.25) is 0 Å². The number of anilines is 1. The van der Waals surface area contributed by atoms with Crippen LogP contribution in [-0.2, 0) is 6.42 Å². The summed E-state index contributed by atoms with van der Waals surface area (Å²) in [7, 11) is 1.67. The molecule has 0 aliphatic rings. The second-order valence-electron chi connectivity index (χ2n) is 5.24. The third-order valence-corrected chi connectivity index (χ3v) is 3.70. The highest BCUT2D eigenvalue weighted by Gasteiger charge is 2.00. The lowest BCUT2D eigenvalue weighted by Crippen LogP contribution is -2.06. The average Bonchev–Trinajstić information content (AvgIpc) is 2.62. The van der Waals surface area contributed by atoms with Crippen molar-refractivity contribution in [1.82, 2.24) is 4.98 Å². The van der Waals surface area contributed by atoms with E-state index in [1.807, 2.05) is 36.4 Å². The third-order valence-electron chi connectivity index (χ3n) is 3.70. The lowest BCUT2D eigenvalue weighted by atomic mass is 10.1. The molecule has 4 heteroatoms. The van der Waals surface area contributed by atoms with Crippen molar-refractivity contribution in [3.05, 3.63) is 65.7 Å². The lowest BCUT2D eigenvalue weighted by molar-refractivity contribution is 0.414. The van der Waals surface area contributed by atoms with Gasteiger partial charge in [0.15, 0.2) is 0 Å². The summed E-state index contributed by atoms with van der Waals surface area (Å²) >= 11 is 0. The normalized spacial score (nSPS) is 10.3. The quantitative estimate of drug-likeness (QED) is 0.779. The van der Waals surface area contributed by atoms with Crippen LogP contribution in [0.15, 0.2) is 54.6 Å². The number of methoxy groups -OCH3 is 1. The molecule has 0 aliphatic heterocycles. The summed E-state index contributed by atoms with van der Waals surface area (Å²) in [6.45, 7) is 0.807. The molecule has 0 bridgehead atoms. The second kappa shape index (κ2) is 6.80. The van der Waals surface area contributed by atoms with Gasteiger partial charge in [0.25, 0.3) is 0 Å². The van der Waals surface area contributed by atoms with Gasteiger partial charge in [-0.2, -0.15) is 5.26 Å². The molecule has 4 nitrogen and oxygen atoms in total. The number of aromatic nitrogens is 1. The average molecular weight is 303 g/mol. The van der Waals surface area contributed by atoms with Crippen LogP contribution in [-0.4, -0.2) is 18.6 Å². The molecule has 0 spiro atoms. The summed E-state index contributed by atoms with van der Waals surface area (Å²) in [5, 5.41) is 13.2. The predicted octanol–water partition coefficient (Wildman–Crippen LogP) is 3.77. The Kier molecular flexibility index (Phi) is 4.39. The minimum absolute atomic E-state index is 0.652. The molecule has 0 atom stereocenters. The van der Waals surface area contributed by atoms with E-state index in [0.29, 0.717) is 5.56 Å². The molecular formula is C19H17N3O. The van der Waals surface area contributed by atoms with E-state index in [9.17, 15) is 0 Å². The molecule has 0 fully saturated rings. The van der Waals surface area contributed by atoms with Gasteiger partial charge in [-0.15, -0.1) is 0 Å². The number of nitriles is 1. The first-order valence-electron chi connectivity index (χ1n) is 7.46. The molecule has 23 heavy (non-hydrogen) atoms. The minimum Gasteiger partial charge on any atom is -0.497 e. The Morgan fingerprint density at radius 2 is 1.91 bits per heavy atom. The fraction of sp³-hybridized carbons (Fsp3) is 0.158. The molecule has 1 aromatic heterocycles. The molecule has 1 heterocycles. The van der Waals surface area contributed by atoms with Crippen LogP contribution in [0.3, 0.4) is 0 Å². The standard InChI is InChI=1S/C19H17N3O/c1-23-17-6-2-14(3-7-17)10-11-21-19-9-5-16-12-15(13-20)4-8-18(16)22-19/h2-9,12H,10-11H2,1H3,(H,21,22). The Morgan fingerprint density at radius 1 is 1.09 bits per heavy atom. The number of benzene rings is 2. The fourth-order valence-electron chi connectivity index (χ4n) is 2.42. The molecule has 0 saturated carbocycles. The zero-order chi connectivity index (χ0) is 16.1. The van der Waals surface area contributed by atoms with Gasteiger partial charge in [-0.1, -0.05) is 12.1 Å². The summed E-state index contributed by atoms with van der Waals surface area (Å²) in [4.78, 5) is 4.57. The molecule has 0 radical (unpaired) electrons. The zero-order valence-corrected chi connectivity index (χ0v) is 12.9. The molecule has 3 aromatic rings. The number of hydrogen-bond donors (Lipinski definition) is 1. The van der Waals surface area contributed by atoms with Gasteiger partial charge in [-0.05, 0) is 54.4 Å². The molecule has 0 amide bonds. The van der Waals surface area contributed by atoms with E-state index in [-0.39, 0.29) is 0 Å². The van der Waals surface area contributed by atoms with E-state index in [4.69, 9.17) is 10.00 Å². The minimum atomic E-state index is 0.652. The maximum absolute atomic E-state index is 8.92. The first-order chi connectivity index (χ1) is 11.3. The van der Waals surface area contributed by atoms with Crippen LogP contribution >= 0.6 is 0 Å². The van der Waals surface area contributed by atoms with Gasteiger partial charge in [0.1, 0.15) is 11.6 Å². The lowest BCUT2D eigenvalue weighted by Gasteiger charge is -2.07. The Balaban J connectivity index is 1.63. The highest BCUT2D eigenvalue weighted by molar-refractivity contribution is 5.81. The van der Waals surface area contributed by atoms with Crippen LogP contribution in [0.25, 0.3) is 10.9 Å². The molecule has 2 aromatic carbocycles. The van der Waals surface area contributed by atoms with Gasteiger partial charge in [-0.25, -0.2) is 4.98 Å². The number of fused-ring (bicyclic) bond motifs is 1.